The highest BCUT2D eigenvalue weighted by Gasteiger charge is 2.26. The molecule has 1 aromatic rings. The first-order chi connectivity index (χ1) is 7.79. The minimum Gasteiger partial charge on any atom is -0.398 e. The van der Waals surface area contributed by atoms with E-state index < -0.39 is 24.2 Å². The smallest absolute Gasteiger partial charge is 0.389 e. The van der Waals surface area contributed by atoms with Gasteiger partial charge in [0.25, 0.3) is 0 Å². The zero-order valence-electron chi connectivity index (χ0n) is 8.85. The first-order valence-corrected chi connectivity index (χ1v) is 4.94. The first kappa shape index (κ1) is 13.5. The largest absolute Gasteiger partial charge is 0.398 e. The van der Waals surface area contributed by atoms with Gasteiger partial charge in [-0.3, -0.25) is 4.79 Å². The van der Waals surface area contributed by atoms with Gasteiger partial charge in [-0.05, 0) is 24.6 Å². The maximum Gasteiger partial charge on any atom is 0.389 e. The summed E-state index contributed by atoms with van der Waals surface area (Å²) in [5.74, 6) is -1.22. The number of alkyl halides is 3. The molecule has 0 radical (unpaired) electrons. The number of carbonyl (C=O) groups is 1. The van der Waals surface area contributed by atoms with E-state index in [-0.39, 0.29) is 24.1 Å². The van der Waals surface area contributed by atoms with E-state index in [2.05, 4.69) is 0 Å². The van der Waals surface area contributed by atoms with Crippen LogP contribution >= 0.6 is 0 Å². The van der Waals surface area contributed by atoms with Crippen molar-refractivity contribution in [3.63, 3.8) is 0 Å². The number of halogens is 4. The second-order valence-electron chi connectivity index (χ2n) is 3.62. The molecule has 0 aliphatic rings. The van der Waals surface area contributed by atoms with E-state index in [1.807, 2.05) is 0 Å². The third-order valence-electron chi connectivity index (χ3n) is 2.18. The molecule has 1 rings (SSSR count). The molecule has 0 heterocycles. The van der Waals surface area contributed by atoms with Crippen LogP contribution in [-0.2, 0) is 0 Å². The highest BCUT2D eigenvalue weighted by Crippen LogP contribution is 2.23. The number of nitrogens with two attached hydrogens (primary N) is 1. The van der Waals surface area contributed by atoms with E-state index in [9.17, 15) is 22.4 Å². The fraction of sp³-hybridized carbons (Fsp3) is 0.364. The third-order valence-corrected chi connectivity index (χ3v) is 2.18. The molecule has 0 aliphatic heterocycles. The van der Waals surface area contributed by atoms with E-state index in [0.717, 1.165) is 12.1 Å². The maximum atomic E-state index is 12.8. The van der Waals surface area contributed by atoms with Crippen LogP contribution in [-0.4, -0.2) is 12.0 Å². The quantitative estimate of drug-likeness (QED) is 0.505. The third kappa shape index (κ3) is 4.42. The Labute approximate surface area is 95.4 Å². The molecular weight excluding hydrogens is 238 g/mol. The Morgan fingerprint density at radius 3 is 2.53 bits per heavy atom. The normalized spacial score (nSPS) is 11.5. The van der Waals surface area contributed by atoms with Crippen LogP contribution in [0.1, 0.15) is 29.6 Å². The van der Waals surface area contributed by atoms with Crippen LogP contribution in [0.5, 0.6) is 0 Å². The number of anilines is 1. The maximum absolute atomic E-state index is 12.8. The van der Waals surface area contributed by atoms with Crippen molar-refractivity contribution < 1.29 is 22.4 Å². The van der Waals surface area contributed by atoms with E-state index in [4.69, 9.17) is 5.73 Å². The number of Topliss-reactive ketones (excluding diaryl/α,β-unsaturated/α-hetero) is 1. The SMILES string of the molecule is Nc1ccc(F)cc1C(=O)CCCC(F)(F)F. The van der Waals surface area contributed by atoms with Crippen molar-refractivity contribution in [2.75, 3.05) is 5.73 Å². The van der Waals surface area contributed by atoms with Gasteiger partial charge in [-0.25, -0.2) is 4.39 Å². The lowest BCUT2D eigenvalue weighted by Gasteiger charge is -2.07. The monoisotopic (exact) mass is 249 g/mol. The molecule has 6 heteroatoms. The number of benzene rings is 1. The number of nitrogen functional groups attached to an aromatic ring is 1. The van der Waals surface area contributed by atoms with Gasteiger partial charge in [0, 0.05) is 24.1 Å². The van der Waals surface area contributed by atoms with Gasteiger partial charge in [-0.15, -0.1) is 0 Å². The fourth-order valence-corrected chi connectivity index (χ4v) is 1.35. The summed E-state index contributed by atoms with van der Waals surface area (Å²) in [6.45, 7) is 0. The lowest BCUT2D eigenvalue weighted by atomic mass is 10.0. The zero-order chi connectivity index (χ0) is 13.1. The molecule has 0 bridgehead atoms. The van der Waals surface area contributed by atoms with Gasteiger partial charge in [-0.2, -0.15) is 13.2 Å². The van der Waals surface area contributed by atoms with Crippen molar-refractivity contribution in [2.45, 2.75) is 25.4 Å². The van der Waals surface area contributed by atoms with Gasteiger partial charge in [0.15, 0.2) is 5.78 Å². The molecule has 2 nitrogen and oxygen atoms in total. The first-order valence-electron chi connectivity index (χ1n) is 4.94. The molecule has 0 aliphatic carbocycles. The van der Waals surface area contributed by atoms with E-state index in [0.29, 0.717) is 0 Å². The molecule has 17 heavy (non-hydrogen) atoms. The molecule has 0 saturated carbocycles. The van der Waals surface area contributed by atoms with E-state index in [1.54, 1.807) is 0 Å². The Hall–Kier alpha value is -1.59. The molecule has 0 fully saturated rings. The van der Waals surface area contributed by atoms with Crippen LogP contribution in [0, 0.1) is 5.82 Å². The number of rotatable bonds is 4. The molecule has 2 N–H and O–H groups in total. The minimum atomic E-state index is -4.28. The highest BCUT2D eigenvalue weighted by molar-refractivity contribution is 6.00. The average Bonchev–Trinajstić information content (AvgIpc) is 2.19. The average molecular weight is 249 g/mol. The predicted octanol–water partition coefficient (Wildman–Crippen LogP) is 3.32. The Morgan fingerprint density at radius 1 is 1.29 bits per heavy atom. The minimum absolute atomic E-state index is 0.0628. The van der Waals surface area contributed by atoms with Gasteiger partial charge >= 0.3 is 6.18 Å². The predicted molar refractivity (Wildman–Crippen MR) is 55.0 cm³/mol. The van der Waals surface area contributed by atoms with Crippen molar-refractivity contribution in [3.05, 3.63) is 29.6 Å². The molecule has 0 unspecified atom stereocenters. The topological polar surface area (TPSA) is 43.1 Å². The summed E-state index contributed by atoms with van der Waals surface area (Å²) in [5, 5.41) is 0. The Bertz CT molecular complexity index is 414. The Kier molecular flexibility index (Phi) is 4.09. The van der Waals surface area contributed by atoms with E-state index in [1.165, 1.54) is 6.07 Å². The second-order valence-corrected chi connectivity index (χ2v) is 3.62. The number of carbonyl (C=O) groups excluding carboxylic acids is 1. The highest BCUT2D eigenvalue weighted by atomic mass is 19.4. The standard InChI is InChI=1S/C11H11F4NO/c12-7-3-4-9(16)8(6-7)10(17)2-1-5-11(13,14)15/h3-4,6H,1-2,5,16H2. The van der Waals surface area contributed by atoms with Crippen molar-refractivity contribution in [2.24, 2.45) is 0 Å². The van der Waals surface area contributed by atoms with Crippen LogP contribution in [0.15, 0.2) is 18.2 Å². The van der Waals surface area contributed by atoms with E-state index >= 15 is 0 Å². The van der Waals surface area contributed by atoms with Crippen molar-refractivity contribution in [1.29, 1.82) is 0 Å². The summed E-state index contributed by atoms with van der Waals surface area (Å²) in [4.78, 5) is 11.5. The van der Waals surface area contributed by atoms with Gasteiger partial charge in [-0.1, -0.05) is 0 Å². The Balaban J connectivity index is 2.61. The summed E-state index contributed by atoms with van der Waals surface area (Å²) < 4.78 is 48.4. The molecule has 0 amide bonds. The summed E-state index contributed by atoms with van der Waals surface area (Å²) in [7, 11) is 0. The lowest BCUT2D eigenvalue weighted by Crippen LogP contribution is -2.09. The van der Waals surface area contributed by atoms with Gasteiger partial charge in [0.2, 0.25) is 0 Å². The number of hydrogen-bond acceptors (Lipinski definition) is 2. The molecule has 1 aromatic carbocycles. The zero-order valence-corrected chi connectivity index (χ0v) is 8.85. The van der Waals surface area contributed by atoms with Crippen LogP contribution < -0.4 is 5.73 Å². The molecule has 0 atom stereocenters. The van der Waals surface area contributed by atoms with Crippen LogP contribution in [0.3, 0.4) is 0 Å². The summed E-state index contributed by atoms with van der Waals surface area (Å²) in [6.07, 6.45) is -5.94. The van der Waals surface area contributed by atoms with Crippen LogP contribution in [0.25, 0.3) is 0 Å². The molecule has 0 saturated heterocycles. The van der Waals surface area contributed by atoms with Crippen LogP contribution in [0.2, 0.25) is 0 Å². The van der Waals surface area contributed by atoms with Gasteiger partial charge in [0.1, 0.15) is 5.82 Å². The number of ketones is 1. The van der Waals surface area contributed by atoms with Gasteiger partial charge in [0.05, 0.1) is 0 Å². The van der Waals surface area contributed by atoms with Crippen molar-refractivity contribution in [1.82, 2.24) is 0 Å². The van der Waals surface area contributed by atoms with Crippen LogP contribution in [0.4, 0.5) is 23.2 Å². The van der Waals surface area contributed by atoms with Crippen molar-refractivity contribution in [3.8, 4) is 0 Å². The number of hydrogen-bond donors (Lipinski definition) is 1. The molecule has 0 aromatic heterocycles. The summed E-state index contributed by atoms with van der Waals surface area (Å²) >= 11 is 0. The van der Waals surface area contributed by atoms with Crippen molar-refractivity contribution >= 4 is 11.5 Å². The Morgan fingerprint density at radius 2 is 1.94 bits per heavy atom. The molecule has 0 spiro atoms. The fourth-order valence-electron chi connectivity index (χ4n) is 1.35. The molecular formula is C11H11F4NO. The molecule has 94 valence electrons. The summed E-state index contributed by atoms with van der Waals surface area (Å²) in [6, 6.07) is 3.24. The lowest BCUT2D eigenvalue weighted by molar-refractivity contribution is -0.135. The summed E-state index contributed by atoms with van der Waals surface area (Å²) in [5.41, 5.74) is 5.45. The van der Waals surface area contributed by atoms with Gasteiger partial charge < -0.3 is 5.73 Å². The second kappa shape index (κ2) is 5.16.